The van der Waals surface area contributed by atoms with Gasteiger partial charge in [-0.25, -0.2) is 5.43 Å². The summed E-state index contributed by atoms with van der Waals surface area (Å²) in [7, 11) is 0. The molecule has 0 atom stereocenters. The maximum atomic E-state index is 12.5. The molecular weight excluding hydrogens is 462 g/mol. The minimum absolute atomic E-state index is 0.230. The molecule has 4 aromatic rings. The Labute approximate surface area is 209 Å². The number of thioether (sulfide) groups is 1. The van der Waals surface area contributed by atoms with Crippen molar-refractivity contribution in [2.45, 2.75) is 25.4 Å². The number of hydrogen-bond acceptors (Lipinski definition) is 3. The Balaban J connectivity index is 1.33. The van der Waals surface area contributed by atoms with Crippen LogP contribution < -0.4 is 5.43 Å². The predicted molar refractivity (Wildman–Crippen MR) is 143 cm³/mol. The smallest absolute Gasteiger partial charge is 0.271 e. The zero-order valence-electron chi connectivity index (χ0n) is 19.2. The topological polar surface area (TPSA) is 46.4 Å². The molecule has 0 unspecified atom stereocenters. The molecule has 6 heteroatoms. The zero-order chi connectivity index (χ0) is 23.9. The number of nitrogens with zero attached hydrogens (tertiary/aromatic N) is 2. The number of aromatic nitrogens is 1. The number of rotatable bonds is 8. The van der Waals surface area contributed by atoms with Gasteiger partial charge in [-0.1, -0.05) is 54.1 Å². The standard InChI is InChI=1S/C28H26ClN3OS/c1-20-16-25(21(2)32(20)27-14-12-26(29)13-15-27)17-30-31-28(33)24-10-8-23(9-11-24)19-34-18-22-6-4-3-5-7-22/h3-17H,18-19H2,1-2H3,(H,31,33)/b30-17+. The van der Waals surface area contributed by atoms with E-state index < -0.39 is 0 Å². The molecule has 0 radical (unpaired) electrons. The van der Waals surface area contributed by atoms with Crippen molar-refractivity contribution in [3.63, 3.8) is 0 Å². The van der Waals surface area contributed by atoms with Gasteiger partial charge in [-0.15, -0.1) is 0 Å². The molecule has 0 spiro atoms. The Kier molecular flexibility index (Phi) is 7.88. The summed E-state index contributed by atoms with van der Waals surface area (Å²) >= 11 is 7.87. The molecule has 0 aliphatic rings. The molecule has 0 saturated heterocycles. The molecule has 0 fully saturated rings. The van der Waals surface area contributed by atoms with Crippen LogP contribution in [0.5, 0.6) is 0 Å². The van der Waals surface area contributed by atoms with Crippen LogP contribution in [0.15, 0.2) is 90.0 Å². The first-order valence-electron chi connectivity index (χ1n) is 11.0. The first kappa shape index (κ1) is 23.9. The monoisotopic (exact) mass is 487 g/mol. The van der Waals surface area contributed by atoms with E-state index in [0.29, 0.717) is 10.6 Å². The third-order valence-electron chi connectivity index (χ3n) is 5.52. The third kappa shape index (κ3) is 5.99. The highest BCUT2D eigenvalue weighted by atomic mass is 35.5. The van der Waals surface area contributed by atoms with Gasteiger partial charge in [0.1, 0.15) is 0 Å². The van der Waals surface area contributed by atoms with Crippen LogP contribution >= 0.6 is 23.4 Å². The molecule has 0 aliphatic carbocycles. The van der Waals surface area contributed by atoms with E-state index in [1.807, 2.05) is 86.3 Å². The summed E-state index contributed by atoms with van der Waals surface area (Å²) in [6.07, 6.45) is 1.68. The van der Waals surface area contributed by atoms with Gasteiger partial charge in [-0.05, 0) is 67.4 Å². The summed E-state index contributed by atoms with van der Waals surface area (Å²) in [5, 5.41) is 4.89. The van der Waals surface area contributed by atoms with Gasteiger partial charge in [0.2, 0.25) is 0 Å². The highest BCUT2D eigenvalue weighted by Gasteiger charge is 2.10. The molecule has 1 aromatic heterocycles. The van der Waals surface area contributed by atoms with E-state index in [-0.39, 0.29) is 5.91 Å². The normalized spacial score (nSPS) is 11.1. The largest absolute Gasteiger partial charge is 0.318 e. The number of benzene rings is 3. The average Bonchev–Trinajstić information content (AvgIpc) is 3.13. The van der Waals surface area contributed by atoms with Gasteiger partial charge < -0.3 is 4.57 Å². The first-order chi connectivity index (χ1) is 16.5. The highest BCUT2D eigenvalue weighted by molar-refractivity contribution is 7.97. The Morgan fingerprint density at radius 2 is 1.59 bits per heavy atom. The summed E-state index contributed by atoms with van der Waals surface area (Å²) in [5.74, 6) is 1.64. The molecule has 4 rings (SSSR count). The molecule has 172 valence electrons. The molecule has 1 heterocycles. The van der Waals surface area contributed by atoms with E-state index in [1.165, 1.54) is 11.1 Å². The van der Waals surface area contributed by atoms with Gasteiger partial charge >= 0.3 is 0 Å². The molecule has 4 nitrogen and oxygen atoms in total. The molecule has 34 heavy (non-hydrogen) atoms. The van der Waals surface area contributed by atoms with Crippen molar-refractivity contribution in [1.82, 2.24) is 9.99 Å². The number of nitrogens with one attached hydrogen (secondary N) is 1. The van der Waals surface area contributed by atoms with Gasteiger partial charge in [0.05, 0.1) is 6.21 Å². The van der Waals surface area contributed by atoms with E-state index in [0.717, 1.165) is 34.1 Å². The summed E-state index contributed by atoms with van der Waals surface area (Å²) in [6, 6.07) is 27.8. The first-order valence-corrected chi connectivity index (χ1v) is 12.5. The number of hydrogen-bond donors (Lipinski definition) is 1. The number of aryl methyl sites for hydroxylation is 1. The molecule has 1 amide bonds. The minimum atomic E-state index is -0.230. The molecule has 0 bridgehead atoms. The predicted octanol–water partition coefficient (Wildman–Crippen LogP) is 6.94. The minimum Gasteiger partial charge on any atom is -0.318 e. The summed E-state index contributed by atoms with van der Waals surface area (Å²) < 4.78 is 2.13. The van der Waals surface area contributed by atoms with Crippen molar-refractivity contribution >= 4 is 35.5 Å². The van der Waals surface area contributed by atoms with Crippen molar-refractivity contribution in [2.75, 3.05) is 0 Å². The van der Waals surface area contributed by atoms with Crippen molar-refractivity contribution in [1.29, 1.82) is 0 Å². The Bertz CT molecular complexity index is 1280. The van der Waals surface area contributed by atoms with E-state index in [1.54, 1.807) is 6.21 Å². The Morgan fingerprint density at radius 3 is 2.26 bits per heavy atom. The fourth-order valence-electron chi connectivity index (χ4n) is 3.74. The maximum absolute atomic E-state index is 12.5. The fourth-order valence-corrected chi connectivity index (χ4v) is 4.83. The number of carbonyl (C=O) groups excluding carboxylic acids is 1. The van der Waals surface area contributed by atoms with Crippen LogP contribution in [0.25, 0.3) is 5.69 Å². The van der Waals surface area contributed by atoms with Gasteiger partial charge in [-0.2, -0.15) is 16.9 Å². The van der Waals surface area contributed by atoms with E-state index >= 15 is 0 Å². The third-order valence-corrected chi connectivity index (χ3v) is 6.85. The lowest BCUT2D eigenvalue weighted by Crippen LogP contribution is -2.17. The highest BCUT2D eigenvalue weighted by Crippen LogP contribution is 2.21. The molecular formula is C28H26ClN3OS. The summed E-state index contributed by atoms with van der Waals surface area (Å²) in [4.78, 5) is 12.5. The lowest BCUT2D eigenvalue weighted by Gasteiger charge is -2.09. The van der Waals surface area contributed by atoms with Gasteiger partial charge in [0, 0.05) is 44.7 Å². The summed E-state index contributed by atoms with van der Waals surface area (Å²) in [6.45, 7) is 4.07. The number of halogens is 1. The summed E-state index contributed by atoms with van der Waals surface area (Å²) in [5.41, 5.74) is 9.81. The molecule has 3 aromatic carbocycles. The lowest BCUT2D eigenvalue weighted by molar-refractivity contribution is 0.0955. The van der Waals surface area contributed by atoms with E-state index in [2.05, 4.69) is 39.4 Å². The number of amides is 1. The molecule has 1 N–H and O–H groups in total. The molecule has 0 saturated carbocycles. The Morgan fingerprint density at radius 1 is 0.941 bits per heavy atom. The van der Waals surface area contributed by atoms with Crippen molar-refractivity contribution in [2.24, 2.45) is 5.10 Å². The second-order valence-corrected chi connectivity index (χ2v) is 9.43. The van der Waals surface area contributed by atoms with Crippen LogP contribution in [0, 0.1) is 13.8 Å². The van der Waals surface area contributed by atoms with Gasteiger partial charge in [0.15, 0.2) is 0 Å². The number of hydrazone groups is 1. The average molecular weight is 488 g/mol. The van der Waals surface area contributed by atoms with Crippen LogP contribution in [-0.4, -0.2) is 16.7 Å². The fraction of sp³-hybridized carbons (Fsp3) is 0.143. The maximum Gasteiger partial charge on any atom is 0.271 e. The quantitative estimate of drug-likeness (QED) is 0.216. The zero-order valence-corrected chi connectivity index (χ0v) is 20.7. The van der Waals surface area contributed by atoms with Gasteiger partial charge in [-0.3, -0.25) is 4.79 Å². The van der Waals surface area contributed by atoms with Crippen molar-refractivity contribution < 1.29 is 4.79 Å². The van der Waals surface area contributed by atoms with Crippen LogP contribution in [0.2, 0.25) is 5.02 Å². The van der Waals surface area contributed by atoms with E-state index in [9.17, 15) is 4.79 Å². The Hall–Kier alpha value is -3.28. The number of carbonyl (C=O) groups is 1. The van der Waals surface area contributed by atoms with Crippen molar-refractivity contribution in [3.05, 3.63) is 124 Å². The van der Waals surface area contributed by atoms with Crippen LogP contribution in [0.4, 0.5) is 0 Å². The van der Waals surface area contributed by atoms with E-state index in [4.69, 9.17) is 11.6 Å². The lowest BCUT2D eigenvalue weighted by atomic mass is 10.1. The second kappa shape index (κ2) is 11.2. The van der Waals surface area contributed by atoms with Gasteiger partial charge in [0.25, 0.3) is 5.91 Å². The van der Waals surface area contributed by atoms with Crippen LogP contribution in [0.3, 0.4) is 0 Å². The van der Waals surface area contributed by atoms with Crippen LogP contribution in [-0.2, 0) is 11.5 Å². The second-order valence-electron chi connectivity index (χ2n) is 8.01. The molecule has 0 aliphatic heterocycles. The SMILES string of the molecule is Cc1cc(/C=N/NC(=O)c2ccc(CSCc3ccccc3)cc2)c(C)n1-c1ccc(Cl)cc1. The van der Waals surface area contributed by atoms with Crippen molar-refractivity contribution in [3.8, 4) is 5.69 Å². The van der Waals surface area contributed by atoms with Crippen LogP contribution in [0.1, 0.15) is 38.4 Å².